The van der Waals surface area contributed by atoms with Crippen molar-refractivity contribution in [2.45, 2.75) is 24.9 Å². The van der Waals surface area contributed by atoms with Crippen molar-refractivity contribution in [2.75, 3.05) is 5.32 Å². The van der Waals surface area contributed by atoms with Crippen LogP contribution in [-0.2, 0) is 7.05 Å². The number of aromatic nitrogens is 5. The molecule has 0 aromatic carbocycles. The number of nitrogens with zero attached hydrogens (tertiary/aromatic N) is 5. The zero-order chi connectivity index (χ0) is 17.0. The SMILES string of the molecule is Cn1c(=O)n([C@H]2C[C@H](Nc3nc4cccnc4s3)C2)c2ncccc21. The largest absolute Gasteiger partial charge is 0.359 e. The van der Waals surface area contributed by atoms with Gasteiger partial charge in [-0.15, -0.1) is 0 Å². The summed E-state index contributed by atoms with van der Waals surface area (Å²) in [5, 5.41) is 4.36. The van der Waals surface area contributed by atoms with Crippen molar-refractivity contribution in [1.82, 2.24) is 24.1 Å². The normalized spacial score (nSPS) is 20.0. The Kier molecular flexibility index (Phi) is 3.14. The van der Waals surface area contributed by atoms with Gasteiger partial charge in [0.1, 0.15) is 10.3 Å². The van der Waals surface area contributed by atoms with E-state index in [1.165, 1.54) is 0 Å². The highest BCUT2D eigenvalue weighted by molar-refractivity contribution is 7.21. The molecule has 0 radical (unpaired) electrons. The Labute approximate surface area is 147 Å². The number of fused-ring (bicyclic) bond motifs is 2. The molecule has 4 heterocycles. The lowest BCUT2D eigenvalue weighted by atomic mass is 9.86. The summed E-state index contributed by atoms with van der Waals surface area (Å²) >= 11 is 1.56. The zero-order valence-electron chi connectivity index (χ0n) is 13.6. The van der Waals surface area contributed by atoms with Crippen LogP contribution in [0.2, 0.25) is 0 Å². The zero-order valence-corrected chi connectivity index (χ0v) is 14.4. The van der Waals surface area contributed by atoms with Crippen LogP contribution in [0.5, 0.6) is 0 Å². The molecule has 0 amide bonds. The first kappa shape index (κ1) is 14.6. The van der Waals surface area contributed by atoms with Crippen LogP contribution >= 0.6 is 11.3 Å². The number of hydrogen-bond acceptors (Lipinski definition) is 6. The van der Waals surface area contributed by atoms with Crippen LogP contribution in [-0.4, -0.2) is 30.1 Å². The molecule has 8 heteroatoms. The maximum absolute atomic E-state index is 12.6. The number of aryl methyl sites for hydroxylation is 1. The fraction of sp³-hybridized carbons (Fsp3) is 0.294. The lowest BCUT2D eigenvalue weighted by Crippen LogP contribution is -2.40. The van der Waals surface area contributed by atoms with Gasteiger partial charge < -0.3 is 5.32 Å². The molecule has 1 fully saturated rings. The van der Waals surface area contributed by atoms with Crippen molar-refractivity contribution in [1.29, 1.82) is 0 Å². The summed E-state index contributed by atoms with van der Waals surface area (Å²) < 4.78 is 3.50. The third-order valence-corrected chi connectivity index (χ3v) is 5.73. The highest BCUT2D eigenvalue weighted by Crippen LogP contribution is 2.36. The Balaban J connectivity index is 1.37. The van der Waals surface area contributed by atoms with Crippen LogP contribution in [0.1, 0.15) is 18.9 Å². The monoisotopic (exact) mass is 352 g/mol. The lowest BCUT2D eigenvalue weighted by molar-refractivity contribution is 0.280. The Hall–Kier alpha value is -2.74. The van der Waals surface area contributed by atoms with Crippen LogP contribution in [0.25, 0.3) is 21.5 Å². The van der Waals surface area contributed by atoms with E-state index in [1.807, 2.05) is 28.8 Å². The number of thiazole rings is 1. The van der Waals surface area contributed by atoms with Gasteiger partial charge in [0.05, 0.1) is 5.52 Å². The Bertz CT molecular complexity index is 1100. The van der Waals surface area contributed by atoms with Gasteiger partial charge in [-0.05, 0) is 37.1 Å². The number of pyridine rings is 2. The second-order valence-corrected chi connectivity index (χ2v) is 7.35. The third kappa shape index (κ3) is 2.25. The van der Waals surface area contributed by atoms with E-state index in [0.717, 1.165) is 39.5 Å². The summed E-state index contributed by atoms with van der Waals surface area (Å²) in [5.74, 6) is 0. The molecule has 0 spiro atoms. The first-order valence-electron chi connectivity index (χ1n) is 8.21. The minimum absolute atomic E-state index is 0.00124. The predicted molar refractivity (Wildman–Crippen MR) is 98.1 cm³/mol. The van der Waals surface area contributed by atoms with Crippen molar-refractivity contribution < 1.29 is 0 Å². The van der Waals surface area contributed by atoms with Crippen molar-refractivity contribution in [3.8, 4) is 0 Å². The van der Waals surface area contributed by atoms with E-state index in [-0.39, 0.29) is 11.7 Å². The fourth-order valence-electron chi connectivity index (χ4n) is 3.44. The molecular weight excluding hydrogens is 336 g/mol. The van der Waals surface area contributed by atoms with Gasteiger partial charge in [-0.3, -0.25) is 9.13 Å². The van der Waals surface area contributed by atoms with Crippen molar-refractivity contribution in [2.24, 2.45) is 7.05 Å². The summed E-state index contributed by atoms with van der Waals surface area (Å²) in [6.45, 7) is 0. The van der Waals surface area contributed by atoms with Crippen LogP contribution in [0.4, 0.5) is 5.13 Å². The van der Waals surface area contributed by atoms with E-state index >= 15 is 0 Å². The standard InChI is InChI=1S/C17H16N6OS/c1-22-13-5-3-6-18-14(13)23(17(22)24)11-8-10(9-11)20-16-21-12-4-2-7-19-15(12)25-16/h2-7,10-11H,8-9H2,1H3,(H,20,21)/t10-,11-. The molecule has 0 atom stereocenters. The highest BCUT2D eigenvalue weighted by Gasteiger charge is 2.34. The number of imidazole rings is 1. The summed E-state index contributed by atoms with van der Waals surface area (Å²) in [7, 11) is 1.80. The molecule has 1 N–H and O–H groups in total. The molecule has 25 heavy (non-hydrogen) atoms. The van der Waals surface area contributed by atoms with Crippen molar-refractivity contribution in [3.05, 3.63) is 47.1 Å². The molecule has 0 saturated heterocycles. The maximum Gasteiger partial charge on any atom is 0.330 e. The molecule has 7 nitrogen and oxygen atoms in total. The molecule has 5 rings (SSSR count). The van der Waals surface area contributed by atoms with Gasteiger partial charge in [0.15, 0.2) is 10.8 Å². The molecule has 1 saturated carbocycles. The average Bonchev–Trinajstić information content (AvgIpc) is 3.11. The summed E-state index contributed by atoms with van der Waals surface area (Å²) in [4.78, 5) is 26.8. The average molecular weight is 352 g/mol. The smallest absolute Gasteiger partial charge is 0.330 e. The number of hydrogen-bond donors (Lipinski definition) is 1. The molecular formula is C17H16N6OS. The van der Waals surface area contributed by atoms with Crippen LogP contribution in [0, 0.1) is 0 Å². The van der Waals surface area contributed by atoms with Crippen molar-refractivity contribution >= 4 is 38.0 Å². The van der Waals surface area contributed by atoms with E-state index in [9.17, 15) is 4.79 Å². The molecule has 0 aliphatic heterocycles. The summed E-state index contributed by atoms with van der Waals surface area (Å²) in [6, 6.07) is 8.15. The Morgan fingerprint density at radius 1 is 1.20 bits per heavy atom. The highest BCUT2D eigenvalue weighted by atomic mass is 32.1. The van der Waals surface area contributed by atoms with Gasteiger partial charge in [-0.1, -0.05) is 11.3 Å². The number of anilines is 1. The third-order valence-electron chi connectivity index (χ3n) is 4.82. The van der Waals surface area contributed by atoms with Gasteiger partial charge in [-0.25, -0.2) is 19.7 Å². The molecule has 1 aliphatic carbocycles. The van der Waals surface area contributed by atoms with E-state index in [4.69, 9.17) is 0 Å². The van der Waals surface area contributed by atoms with E-state index in [2.05, 4.69) is 20.3 Å². The van der Waals surface area contributed by atoms with Gasteiger partial charge in [-0.2, -0.15) is 0 Å². The van der Waals surface area contributed by atoms with Crippen LogP contribution in [0.15, 0.2) is 41.5 Å². The number of nitrogens with one attached hydrogen (secondary N) is 1. The minimum Gasteiger partial charge on any atom is -0.359 e. The molecule has 126 valence electrons. The van der Waals surface area contributed by atoms with Gasteiger partial charge in [0.25, 0.3) is 0 Å². The summed E-state index contributed by atoms with van der Waals surface area (Å²) in [5.41, 5.74) is 2.56. The van der Waals surface area contributed by atoms with Gasteiger partial charge >= 0.3 is 5.69 Å². The van der Waals surface area contributed by atoms with Crippen LogP contribution < -0.4 is 11.0 Å². The lowest BCUT2D eigenvalue weighted by Gasteiger charge is -2.36. The maximum atomic E-state index is 12.6. The van der Waals surface area contributed by atoms with E-state index in [1.54, 1.807) is 35.3 Å². The second-order valence-electron chi connectivity index (χ2n) is 6.37. The second kappa shape index (κ2) is 5.38. The van der Waals surface area contributed by atoms with Crippen molar-refractivity contribution in [3.63, 3.8) is 0 Å². The fourth-order valence-corrected chi connectivity index (χ4v) is 4.33. The van der Waals surface area contributed by atoms with Gasteiger partial charge in [0, 0.05) is 31.5 Å². The molecule has 0 bridgehead atoms. The van der Waals surface area contributed by atoms with Gasteiger partial charge in [0.2, 0.25) is 0 Å². The summed E-state index contributed by atoms with van der Waals surface area (Å²) in [6.07, 6.45) is 5.29. The van der Waals surface area contributed by atoms with E-state index in [0.29, 0.717) is 6.04 Å². The van der Waals surface area contributed by atoms with Crippen LogP contribution in [0.3, 0.4) is 0 Å². The Morgan fingerprint density at radius 3 is 2.84 bits per heavy atom. The quantitative estimate of drug-likeness (QED) is 0.613. The minimum atomic E-state index is 0.00124. The Morgan fingerprint density at radius 2 is 2.00 bits per heavy atom. The van der Waals surface area contributed by atoms with E-state index < -0.39 is 0 Å². The molecule has 4 aromatic rings. The number of rotatable bonds is 3. The predicted octanol–water partition coefficient (Wildman–Crippen LogP) is 2.56. The first-order valence-corrected chi connectivity index (χ1v) is 9.02. The first-order chi connectivity index (χ1) is 12.2. The molecule has 4 aromatic heterocycles. The molecule has 1 aliphatic rings. The topological polar surface area (TPSA) is 77.6 Å². The molecule has 0 unspecified atom stereocenters.